The fourth-order valence-corrected chi connectivity index (χ4v) is 11.9. The maximum Gasteiger partial charge on any atom is 0.416 e. The van der Waals surface area contributed by atoms with Crippen molar-refractivity contribution in [1.82, 2.24) is 9.55 Å². The van der Waals surface area contributed by atoms with Gasteiger partial charge in [-0.25, -0.2) is 4.98 Å². The number of aromatic nitrogens is 2. The van der Waals surface area contributed by atoms with Crippen LogP contribution in [0.25, 0.3) is 38.8 Å². The summed E-state index contributed by atoms with van der Waals surface area (Å²) in [7, 11) is 0. The van der Waals surface area contributed by atoms with Crippen LogP contribution < -0.4 is 14.5 Å². The van der Waals surface area contributed by atoms with Gasteiger partial charge in [0.05, 0.1) is 5.56 Å². The minimum Gasteiger partial charge on any atom is -0.509 e. The van der Waals surface area contributed by atoms with E-state index < -0.39 is 17.2 Å². The van der Waals surface area contributed by atoms with Gasteiger partial charge in [-0.05, 0) is 126 Å². The summed E-state index contributed by atoms with van der Waals surface area (Å²) >= 11 is 0. The number of alkyl halides is 3. The molecule has 3 aliphatic rings. The Kier molecular flexibility index (Phi) is 11.4. The van der Waals surface area contributed by atoms with E-state index in [2.05, 4.69) is 171 Å². The standard InChI is InChI=1S/C66H60F3N4O.Pt/c1-61(2,3)40-32-47-48-33-41(62(4,5)6)35-52(64(10,11)12)59(48)65(58(47)51(34-40)63(7,8)9)49-30-28-44(74-43-27-29-46-45-18-13-14-20-53(45)73(55(46)36-43)57-22-15-16-31-70-57)37-56(49)72-38-71(54-21-17-19-50(65)60(54)72)42-25-23-39(24-26-42)66(67,68)69;/h13-35,38H,1-12H3;/q-3;. The predicted octanol–water partition coefficient (Wildman–Crippen LogP) is 17.9. The van der Waals surface area contributed by atoms with Gasteiger partial charge in [0.25, 0.3) is 0 Å². The van der Waals surface area contributed by atoms with Gasteiger partial charge in [-0.1, -0.05) is 155 Å². The van der Waals surface area contributed by atoms with Crippen molar-refractivity contribution in [3.8, 4) is 28.4 Å². The third kappa shape index (κ3) is 7.78. The zero-order chi connectivity index (χ0) is 52.2. The molecule has 2 aromatic heterocycles. The molecule has 0 N–H and O–H groups in total. The Hall–Kier alpha value is -6.63. The second-order valence-electron chi connectivity index (χ2n) is 24.5. The molecular weight excluding hydrogens is 1120 g/mol. The zero-order valence-corrected chi connectivity index (χ0v) is 46.8. The van der Waals surface area contributed by atoms with Crippen LogP contribution in [0.15, 0.2) is 140 Å². The van der Waals surface area contributed by atoms with Crippen LogP contribution in [0, 0.1) is 18.8 Å². The Bertz CT molecular complexity index is 3690. The summed E-state index contributed by atoms with van der Waals surface area (Å²) < 4.78 is 51.3. The van der Waals surface area contributed by atoms with Crippen molar-refractivity contribution in [2.24, 2.45) is 0 Å². The number of nitrogens with zero attached hydrogens (tertiary/aromatic N) is 4. The Morgan fingerprint density at radius 3 is 1.73 bits per heavy atom. The Morgan fingerprint density at radius 1 is 0.547 bits per heavy atom. The van der Waals surface area contributed by atoms with Crippen LogP contribution in [-0.2, 0) is 54.3 Å². The quantitative estimate of drug-likeness (QED) is 0.164. The molecule has 5 nitrogen and oxygen atoms in total. The molecule has 9 aromatic rings. The third-order valence-corrected chi connectivity index (χ3v) is 15.5. The summed E-state index contributed by atoms with van der Waals surface area (Å²) in [6.45, 7) is 29.7. The van der Waals surface area contributed by atoms with Crippen LogP contribution in [0.5, 0.6) is 11.5 Å². The Labute approximate surface area is 453 Å². The van der Waals surface area contributed by atoms with Gasteiger partial charge in [0, 0.05) is 66.8 Å². The maximum absolute atomic E-state index is 14.1. The number of anilines is 4. The van der Waals surface area contributed by atoms with Crippen LogP contribution in [0.4, 0.5) is 35.9 Å². The van der Waals surface area contributed by atoms with Crippen molar-refractivity contribution in [1.29, 1.82) is 0 Å². The van der Waals surface area contributed by atoms with Crippen molar-refractivity contribution in [2.45, 2.75) is 116 Å². The number of ether oxygens (including phenoxy) is 1. The molecule has 9 heteroatoms. The van der Waals surface area contributed by atoms with E-state index in [0.29, 0.717) is 17.2 Å². The van der Waals surface area contributed by atoms with E-state index in [1.54, 1.807) is 18.3 Å². The summed E-state index contributed by atoms with van der Waals surface area (Å²) in [5.74, 6) is 1.79. The topological polar surface area (TPSA) is 33.5 Å². The Morgan fingerprint density at radius 2 is 1.15 bits per heavy atom. The second kappa shape index (κ2) is 16.9. The van der Waals surface area contributed by atoms with E-state index in [4.69, 9.17) is 9.72 Å². The van der Waals surface area contributed by atoms with Crippen LogP contribution in [0.1, 0.15) is 133 Å². The average molecular weight is 1180 g/mol. The zero-order valence-electron chi connectivity index (χ0n) is 44.5. The molecule has 4 heterocycles. The minimum absolute atomic E-state index is 0. The molecule has 2 aliphatic heterocycles. The average Bonchev–Trinajstić information content (AvgIpc) is 3.99. The SMILES string of the molecule is CC(C)(C)c1cc2c(c(C(C)(C)C)c1)C1(c3ccc(Oc4[c-]c5c(cc4)c4ccccc4n5-c4ccccn4)[c-]c3N3[CH-]N(c4ccc(C(F)(F)F)cc4)c4cccc1c43)c1c-2cc(C(C)(C)C)cc1C(C)(C)C.[Pt]. The fourth-order valence-electron chi connectivity index (χ4n) is 11.9. The largest absolute Gasteiger partial charge is 0.509 e. The number of halogens is 3. The van der Waals surface area contributed by atoms with Gasteiger partial charge in [-0.2, -0.15) is 25.3 Å². The van der Waals surface area contributed by atoms with E-state index in [-0.39, 0.29) is 42.7 Å². The van der Waals surface area contributed by atoms with Crippen LogP contribution >= 0.6 is 0 Å². The molecule has 12 rings (SSSR count). The summed E-state index contributed by atoms with van der Waals surface area (Å²) in [4.78, 5) is 8.94. The monoisotopic (exact) mass is 1180 g/mol. The van der Waals surface area contributed by atoms with Crippen LogP contribution in [0.3, 0.4) is 0 Å². The summed E-state index contributed by atoms with van der Waals surface area (Å²) in [5.41, 5.74) is 14.7. The number of hydrogen-bond donors (Lipinski definition) is 0. The molecule has 0 radical (unpaired) electrons. The molecule has 0 amide bonds. The molecule has 0 saturated carbocycles. The van der Waals surface area contributed by atoms with Crippen LogP contribution in [-0.4, -0.2) is 9.55 Å². The first kappa shape index (κ1) is 50.5. The number of fused-ring (bicyclic) bond motifs is 12. The fraction of sp³-hybridized carbons (Fsp3) is 0.273. The molecule has 1 aliphatic carbocycles. The Balaban J connectivity index is 0.00000602. The van der Waals surface area contributed by atoms with E-state index >= 15 is 0 Å². The molecule has 7 aromatic carbocycles. The molecule has 75 heavy (non-hydrogen) atoms. The molecule has 0 unspecified atom stereocenters. The molecular formula is C66H60F3N4OPt-3. The van der Waals surface area contributed by atoms with Gasteiger partial charge in [0.1, 0.15) is 5.82 Å². The van der Waals surface area contributed by atoms with Crippen molar-refractivity contribution < 1.29 is 39.0 Å². The first-order valence-electron chi connectivity index (χ1n) is 25.6. The molecule has 0 atom stereocenters. The van der Waals surface area contributed by atoms with Gasteiger partial charge >= 0.3 is 6.18 Å². The van der Waals surface area contributed by atoms with E-state index in [0.717, 1.165) is 67.9 Å². The smallest absolute Gasteiger partial charge is 0.416 e. The normalized spacial score (nSPS) is 14.8. The molecule has 1 spiro atoms. The maximum atomic E-state index is 14.1. The third-order valence-electron chi connectivity index (χ3n) is 15.5. The van der Waals surface area contributed by atoms with Crippen molar-refractivity contribution in [3.05, 3.63) is 209 Å². The minimum atomic E-state index is -4.47. The van der Waals surface area contributed by atoms with E-state index in [9.17, 15) is 13.2 Å². The number of benzene rings is 7. The summed E-state index contributed by atoms with van der Waals surface area (Å²) in [5, 5.41) is 2.12. The number of hydrogen-bond acceptors (Lipinski definition) is 4. The van der Waals surface area contributed by atoms with Gasteiger partial charge < -0.3 is 19.1 Å². The van der Waals surface area contributed by atoms with Gasteiger partial charge in [-0.3, -0.25) is 0 Å². The molecule has 0 fully saturated rings. The van der Waals surface area contributed by atoms with Crippen molar-refractivity contribution in [3.63, 3.8) is 0 Å². The molecule has 0 bridgehead atoms. The number of pyridine rings is 1. The molecule has 0 saturated heterocycles. The summed E-state index contributed by atoms with van der Waals surface area (Å²) in [6.07, 6.45) is -2.68. The first-order valence-corrected chi connectivity index (χ1v) is 25.6. The first-order chi connectivity index (χ1) is 34.8. The second-order valence-corrected chi connectivity index (χ2v) is 24.5. The van der Waals surface area contributed by atoms with E-state index in [1.807, 2.05) is 54.0 Å². The molecule has 384 valence electrons. The number of rotatable bonds is 4. The van der Waals surface area contributed by atoms with Gasteiger partial charge in [0.2, 0.25) is 0 Å². The van der Waals surface area contributed by atoms with Crippen LogP contribution in [0.2, 0.25) is 0 Å². The van der Waals surface area contributed by atoms with Gasteiger partial charge in [0.15, 0.2) is 0 Å². The van der Waals surface area contributed by atoms with Crippen molar-refractivity contribution in [2.75, 3.05) is 9.80 Å². The van der Waals surface area contributed by atoms with Gasteiger partial charge in [-0.15, -0.1) is 41.9 Å². The van der Waals surface area contributed by atoms with Crippen molar-refractivity contribution >= 4 is 44.6 Å². The van der Waals surface area contributed by atoms with E-state index in [1.165, 1.54) is 44.5 Å². The number of para-hydroxylation sites is 2. The predicted molar refractivity (Wildman–Crippen MR) is 295 cm³/mol. The summed E-state index contributed by atoms with van der Waals surface area (Å²) in [6, 6.07) is 51.8.